The molecule has 1 saturated carbocycles. The largest absolute Gasteiger partial charge is 0.310 e. The van der Waals surface area contributed by atoms with Gasteiger partial charge in [0.25, 0.3) is 0 Å². The van der Waals surface area contributed by atoms with E-state index in [1.807, 2.05) is 6.92 Å². The highest BCUT2D eigenvalue weighted by Crippen LogP contribution is 2.37. The lowest BCUT2D eigenvalue weighted by Gasteiger charge is -2.33. The molecule has 1 fully saturated rings. The molecular weight excluding hydrogens is 263 g/mol. The van der Waals surface area contributed by atoms with Gasteiger partial charge in [-0.25, -0.2) is 13.2 Å². The fourth-order valence-electron chi connectivity index (χ4n) is 3.15. The lowest BCUT2D eigenvalue weighted by atomic mass is 9.77. The number of halogens is 3. The molecule has 0 aromatic heterocycles. The highest BCUT2D eigenvalue weighted by Gasteiger charge is 2.28. The third kappa shape index (κ3) is 3.35. The molecule has 0 heterocycles. The molecule has 1 atom stereocenters. The topological polar surface area (TPSA) is 12.0 Å². The van der Waals surface area contributed by atoms with E-state index in [9.17, 15) is 13.2 Å². The summed E-state index contributed by atoms with van der Waals surface area (Å²) in [7, 11) is 0. The molecule has 1 unspecified atom stereocenters. The third-order valence-electron chi connectivity index (χ3n) is 4.32. The van der Waals surface area contributed by atoms with Gasteiger partial charge >= 0.3 is 0 Å². The fraction of sp³-hybridized carbons (Fsp3) is 0.625. The summed E-state index contributed by atoms with van der Waals surface area (Å²) in [6.07, 6.45) is 4.36. The van der Waals surface area contributed by atoms with Gasteiger partial charge in [-0.2, -0.15) is 0 Å². The zero-order valence-electron chi connectivity index (χ0n) is 12.1. The Morgan fingerprint density at radius 2 is 1.65 bits per heavy atom. The molecule has 0 spiro atoms. The number of rotatable bonds is 4. The first-order valence-corrected chi connectivity index (χ1v) is 7.40. The van der Waals surface area contributed by atoms with Crippen LogP contribution in [-0.2, 0) is 0 Å². The first-order valence-electron chi connectivity index (χ1n) is 7.40. The summed E-state index contributed by atoms with van der Waals surface area (Å²) in [4.78, 5) is 0. The second-order valence-corrected chi connectivity index (χ2v) is 5.85. The Hall–Kier alpha value is -1.03. The minimum atomic E-state index is -1.39. The van der Waals surface area contributed by atoms with E-state index in [0.717, 1.165) is 50.3 Å². The summed E-state index contributed by atoms with van der Waals surface area (Å²) in [5, 5.41) is 3.30. The predicted molar refractivity (Wildman–Crippen MR) is 73.9 cm³/mol. The smallest absolute Gasteiger partial charge is 0.194 e. The Balaban J connectivity index is 2.24. The molecule has 1 aliphatic rings. The number of hydrogen-bond acceptors (Lipinski definition) is 1. The van der Waals surface area contributed by atoms with Crippen molar-refractivity contribution in [1.82, 2.24) is 5.32 Å². The zero-order valence-corrected chi connectivity index (χ0v) is 12.1. The molecule has 1 N–H and O–H groups in total. The Labute approximate surface area is 118 Å². The van der Waals surface area contributed by atoms with Gasteiger partial charge < -0.3 is 5.32 Å². The van der Waals surface area contributed by atoms with Gasteiger partial charge in [-0.15, -0.1) is 0 Å². The van der Waals surface area contributed by atoms with E-state index in [1.165, 1.54) is 0 Å². The third-order valence-corrected chi connectivity index (χ3v) is 4.32. The van der Waals surface area contributed by atoms with Crippen molar-refractivity contribution in [3.63, 3.8) is 0 Å². The van der Waals surface area contributed by atoms with Crippen LogP contribution in [0.3, 0.4) is 0 Å². The van der Waals surface area contributed by atoms with Gasteiger partial charge in [-0.1, -0.05) is 26.7 Å². The lowest BCUT2D eigenvalue weighted by molar-refractivity contribution is 0.232. The van der Waals surface area contributed by atoms with Crippen LogP contribution in [0.25, 0.3) is 0 Å². The maximum Gasteiger partial charge on any atom is 0.194 e. The van der Waals surface area contributed by atoms with Crippen LogP contribution in [0.2, 0.25) is 0 Å². The molecule has 1 nitrogen and oxygen atoms in total. The van der Waals surface area contributed by atoms with Crippen LogP contribution in [0.1, 0.15) is 51.1 Å². The summed E-state index contributed by atoms with van der Waals surface area (Å²) in [5.41, 5.74) is 0.516. The van der Waals surface area contributed by atoms with Crippen LogP contribution >= 0.6 is 0 Å². The van der Waals surface area contributed by atoms with Crippen molar-refractivity contribution < 1.29 is 13.2 Å². The molecule has 1 aromatic carbocycles. The number of hydrogen-bond donors (Lipinski definition) is 1. The van der Waals surface area contributed by atoms with Gasteiger partial charge in [0, 0.05) is 6.04 Å². The second kappa shape index (κ2) is 6.61. The summed E-state index contributed by atoms with van der Waals surface area (Å²) < 4.78 is 39.9. The van der Waals surface area contributed by atoms with Gasteiger partial charge in [0.05, 0.1) is 0 Å². The summed E-state index contributed by atoms with van der Waals surface area (Å²) >= 11 is 0. The Bertz CT molecular complexity index is 430. The average molecular weight is 285 g/mol. The Morgan fingerprint density at radius 3 is 2.15 bits per heavy atom. The van der Waals surface area contributed by atoms with E-state index in [-0.39, 0.29) is 6.04 Å². The van der Waals surface area contributed by atoms with Crippen LogP contribution in [0.5, 0.6) is 0 Å². The van der Waals surface area contributed by atoms with Gasteiger partial charge in [-0.3, -0.25) is 0 Å². The van der Waals surface area contributed by atoms with Gasteiger partial charge in [0.1, 0.15) is 0 Å². The summed E-state index contributed by atoms with van der Waals surface area (Å²) in [5.74, 6) is -2.52. The van der Waals surface area contributed by atoms with Crippen LogP contribution in [0, 0.1) is 29.3 Å². The van der Waals surface area contributed by atoms with Crippen molar-refractivity contribution in [2.24, 2.45) is 11.8 Å². The standard InChI is InChI=1S/C16H22F3N/c1-3-20-16(11-6-4-10(2)5-7-11)12-8-13(17)15(19)14(18)9-12/h8-11,16,20H,3-7H2,1-2H3. The van der Waals surface area contributed by atoms with Gasteiger partial charge in [0.2, 0.25) is 0 Å². The van der Waals surface area contributed by atoms with E-state index >= 15 is 0 Å². The SMILES string of the molecule is CCNC(c1cc(F)c(F)c(F)c1)C1CCC(C)CC1. The van der Waals surface area contributed by atoms with Crippen molar-refractivity contribution in [3.05, 3.63) is 35.1 Å². The lowest BCUT2D eigenvalue weighted by Crippen LogP contribution is -2.31. The molecule has 1 aliphatic carbocycles. The molecule has 4 heteroatoms. The first kappa shape index (κ1) is 15.4. The van der Waals surface area contributed by atoms with E-state index in [4.69, 9.17) is 0 Å². The number of benzene rings is 1. The molecule has 0 aliphatic heterocycles. The molecule has 0 bridgehead atoms. The molecule has 20 heavy (non-hydrogen) atoms. The summed E-state index contributed by atoms with van der Waals surface area (Å²) in [6, 6.07) is 2.16. The molecule has 0 radical (unpaired) electrons. The van der Waals surface area contributed by atoms with Crippen LogP contribution in [-0.4, -0.2) is 6.54 Å². The Kier molecular flexibility index (Phi) is 5.08. The van der Waals surface area contributed by atoms with Gasteiger partial charge in [0.15, 0.2) is 17.5 Å². The van der Waals surface area contributed by atoms with Crippen LogP contribution < -0.4 is 5.32 Å². The van der Waals surface area contributed by atoms with E-state index in [2.05, 4.69) is 12.2 Å². The first-order chi connectivity index (χ1) is 9.52. The predicted octanol–water partition coefficient (Wildman–Crippen LogP) is 4.58. The second-order valence-electron chi connectivity index (χ2n) is 5.85. The maximum absolute atomic E-state index is 13.4. The molecule has 1 aromatic rings. The minimum absolute atomic E-state index is 0.0999. The maximum atomic E-state index is 13.4. The normalized spacial score (nSPS) is 24.6. The highest BCUT2D eigenvalue weighted by atomic mass is 19.2. The van der Waals surface area contributed by atoms with Crippen molar-refractivity contribution in [1.29, 1.82) is 0 Å². The van der Waals surface area contributed by atoms with E-state index < -0.39 is 17.5 Å². The highest BCUT2D eigenvalue weighted by molar-refractivity contribution is 5.23. The van der Waals surface area contributed by atoms with E-state index in [0.29, 0.717) is 11.5 Å². The monoisotopic (exact) mass is 285 g/mol. The average Bonchev–Trinajstić information content (AvgIpc) is 2.43. The van der Waals surface area contributed by atoms with Crippen molar-refractivity contribution in [2.75, 3.05) is 6.54 Å². The van der Waals surface area contributed by atoms with Crippen molar-refractivity contribution >= 4 is 0 Å². The van der Waals surface area contributed by atoms with Crippen LogP contribution in [0.15, 0.2) is 12.1 Å². The Morgan fingerprint density at radius 1 is 1.10 bits per heavy atom. The quantitative estimate of drug-likeness (QED) is 0.798. The molecule has 2 rings (SSSR count). The molecular formula is C16H22F3N. The number of nitrogens with one attached hydrogen (secondary N) is 1. The minimum Gasteiger partial charge on any atom is -0.310 e. The fourth-order valence-corrected chi connectivity index (χ4v) is 3.15. The van der Waals surface area contributed by atoms with Gasteiger partial charge in [-0.05, 0) is 48.9 Å². The van der Waals surface area contributed by atoms with Crippen molar-refractivity contribution in [2.45, 2.75) is 45.6 Å². The molecule has 112 valence electrons. The molecule has 0 saturated heterocycles. The van der Waals surface area contributed by atoms with E-state index in [1.54, 1.807) is 0 Å². The summed E-state index contributed by atoms with van der Waals surface area (Å²) in [6.45, 7) is 4.92. The zero-order chi connectivity index (χ0) is 14.7. The molecule has 0 amide bonds. The van der Waals surface area contributed by atoms with Crippen molar-refractivity contribution in [3.8, 4) is 0 Å². The van der Waals surface area contributed by atoms with Crippen LogP contribution in [0.4, 0.5) is 13.2 Å².